The van der Waals surface area contributed by atoms with E-state index < -0.39 is 5.54 Å². The van der Waals surface area contributed by atoms with Crippen LogP contribution in [0.5, 0.6) is 0 Å². The summed E-state index contributed by atoms with van der Waals surface area (Å²) in [5.74, 6) is -0.200. The Balaban J connectivity index is 1.84. The summed E-state index contributed by atoms with van der Waals surface area (Å²) in [7, 11) is 0. The fourth-order valence-electron chi connectivity index (χ4n) is 2.32. The third-order valence-corrected chi connectivity index (χ3v) is 3.49. The number of hydrogen-bond donors (Lipinski definition) is 2. The number of carbonyl (C=O) groups is 2. The molecule has 0 aromatic rings. The van der Waals surface area contributed by atoms with E-state index in [4.69, 9.17) is 0 Å². The third-order valence-electron chi connectivity index (χ3n) is 3.49. The van der Waals surface area contributed by atoms with Crippen LogP contribution in [0.1, 0.15) is 32.6 Å². The van der Waals surface area contributed by atoms with Gasteiger partial charge in [-0.15, -0.1) is 0 Å². The van der Waals surface area contributed by atoms with Crippen molar-refractivity contribution in [3.63, 3.8) is 0 Å². The van der Waals surface area contributed by atoms with E-state index in [-0.39, 0.29) is 11.9 Å². The van der Waals surface area contributed by atoms with Crippen LogP contribution in [0.25, 0.3) is 0 Å². The largest absolute Gasteiger partial charge is 0.324 e. The number of carbonyl (C=O) groups excluding carboxylic acids is 2. The number of imide groups is 1. The van der Waals surface area contributed by atoms with Crippen molar-refractivity contribution in [2.75, 3.05) is 19.6 Å². The van der Waals surface area contributed by atoms with Gasteiger partial charge in [0.05, 0.1) is 0 Å². The van der Waals surface area contributed by atoms with E-state index in [9.17, 15) is 9.59 Å². The van der Waals surface area contributed by atoms with Crippen LogP contribution in [-0.2, 0) is 4.79 Å². The van der Waals surface area contributed by atoms with Crippen LogP contribution < -0.4 is 10.6 Å². The lowest BCUT2D eigenvalue weighted by molar-refractivity contribution is -0.123. The monoisotopic (exact) mass is 225 g/mol. The normalized spacial score (nSPS) is 31.3. The van der Waals surface area contributed by atoms with Gasteiger partial charge in [-0.05, 0) is 39.3 Å². The number of amides is 3. The molecule has 16 heavy (non-hydrogen) atoms. The number of nitrogens with zero attached hydrogens (tertiary/aromatic N) is 1. The Bertz CT molecular complexity index is 300. The zero-order chi connectivity index (χ0) is 11.6. The molecule has 0 bridgehead atoms. The molecule has 5 nitrogen and oxygen atoms in total. The van der Waals surface area contributed by atoms with E-state index in [1.54, 1.807) is 6.92 Å². The van der Waals surface area contributed by atoms with Crippen molar-refractivity contribution < 1.29 is 9.59 Å². The summed E-state index contributed by atoms with van der Waals surface area (Å²) in [5.41, 5.74) is -0.714. The predicted octanol–water partition coefficient (Wildman–Crippen LogP) is 0.461. The first-order valence-corrected chi connectivity index (χ1v) is 5.96. The predicted molar refractivity (Wildman–Crippen MR) is 60.0 cm³/mol. The fraction of sp³-hybridized carbons (Fsp3) is 0.818. The number of urea groups is 1. The molecule has 2 fully saturated rings. The molecule has 0 spiro atoms. The average molecular weight is 225 g/mol. The molecule has 0 saturated carbocycles. The summed E-state index contributed by atoms with van der Waals surface area (Å²) in [5, 5.41) is 4.98. The summed E-state index contributed by atoms with van der Waals surface area (Å²) in [4.78, 5) is 25.0. The highest BCUT2D eigenvalue weighted by molar-refractivity contribution is 6.06. The quantitative estimate of drug-likeness (QED) is 0.686. The van der Waals surface area contributed by atoms with Crippen LogP contribution in [0.2, 0.25) is 0 Å². The molecule has 0 aromatic heterocycles. The zero-order valence-corrected chi connectivity index (χ0v) is 9.71. The standard InChI is InChI=1S/C11H19N3O2/c1-11(9(15)12-10(16)13-11)5-8-14-6-3-2-4-7-14/h2-8H2,1H3,(H2,12,13,15,16). The Morgan fingerprint density at radius 1 is 1.25 bits per heavy atom. The maximum atomic E-state index is 11.6. The molecule has 3 amide bonds. The van der Waals surface area contributed by atoms with E-state index in [0.29, 0.717) is 6.42 Å². The maximum Gasteiger partial charge on any atom is 0.322 e. The molecule has 0 radical (unpaired) electrons. The maximum absolute atomic E-state index is 11.6. The number of nitrogens with one attached hydrogen (secondary N) is 2. The summed E-state index contributed by atoms with van der Waals surface area (Å²) < 4.78 is 0. The summed E-state index contributed by atoms with van der Waals surface area (Å²) in [6.45, 7) is 4.90. The minimum absolute atomic E-state index is 0.200. The van der Waals surface area contributed by atoms with Gasteiger partial charge in [-0.3, -0.25) is 10.1 Å². The first-order chi connectivity index (χ1) is 7.60. The van der Waals surface area contributed by atoms with Gasteiger partial charge < -0.3 is 10.2 Å². The molecule has 2 heterocycles. The Morgan fingerprint density at radius 2 is 1.94 bits per heavy atom. The minimum Gasteiger partial charge on any atom is -0.324 e. The molecular formula is C11H19N3O2. The van der Waals surface area contributed by atoms with E-state index in [1.165, 1.54) is 19.3 Å². The highest BCUT2D eigenvalue weighted by Gasteiger charge is 2.41. The Labute approximate surface area is 95.6 Å². The Morgan fingerprint density at radius 3 is 2.50 bits per heavy atom. The van der Waals surface area contributed by atoms with Gasteiger partial charge in [-0.1, -0.05) is 6.42 Å². The summed E-state index contributed by atoms with van der Waals surface area (Å²) >= 11 is 0. The van der Waals surface area contributed by atoms with Gasteiger partial charge in [0.25, 0.3) is 5.91 Å². The molecule has 2 N–H and O–H groups in total. The van der Waals surface area contributed by atoms with Gasteiger partial charge in [-0.25, -0.2) is 4.79 Å². The van der Waals surface area contributed by atoms with Gasteiger partial charge in [0.15, 0.2) is 0 Å². The van der Waals surface area contributed by atoms with Crippen LogP contribution >= 0.6 is 0 Å². The number of hydrogen-bond acceptors (Lipinski definition) is 3. The van der Waals surface area contributed by atoms with Crippen LogP contribution in [0.3, 0.4) is 0 Å². The second kappa shape index (κ2) is 4.41. The minimum atomic E-state index is -0.714. The second-order valence-electron chi connectivity index (χ2n) is 4.89. The van der Waals surface area contributed by atoms with Crippen molar-refractivity contribution in [3.05, 3.63) is 0 Å². The molecule has 2 saturated heterocycles. The van der Waals surface area contributed by atoms with Crippen LogP contribution in [0.15, 0.2) is 0 Å². The molecule has 1 atom stereocenters. The number of piperidine rings is 1. The Hall–Kier alpha value is -1.10. The molecule has 0 aromatic carbocycles. The smallest absolute Gasteiger partial charge is 0.322 e. The van der Waals surface area contributed by atoms with Gasteiger partial charge in [0, 0.05) is 6.54 Å². The lowest BCUT2D eigenvalue weighted by atomic mass is 9.97. The van der Waals surface area contributed by atoms with Crippen molar-refractivity contribution in [1.29, 1.82) is 0 Å². The van der Waals surface area contributed by atoms with E-state index in [0.717, 1.165) is 19.6 Å². The fourth-order valence-corrected chi connectivity index (χ4v) is 2.32. The van der Waals surface area contributed by atoms with Crippen molar-refractivity contribution in [2.24, 2.45) is 0 Å². The van der Waals surface area contributed by atoms with Crippen LogP contribution in [0.4, 0.5) is 4.79 Å². The van der Waals surface area contributed by atoms with Crippen molar-refractivity contribution in [3.8, 4) is 0 Å². The highest BCUT2D eigenvalue weighted by atomic mass is 16.2. The molecule has 2 aliphatic rings. The first kappa shape index (κ1) is 11.4. The Kier molecular flexibility index (Phi) is 3.14. The van der Waals surface area contributed by atoms with Gasteiger partial charge in [0.2, 0.25) is 0 Å². The first-order valence-electron chi connectivity index (χ1n) is 5.96. The van der Waals surface area contributed by atoms with Gasteiger partial charge in [-0.2, -0.15) is 0 Å². The van der Waals surface area contributed by atoms with E-state index in [2.05, 4.69) is 15.5 Å². The molecule has 5 heteroatoms. The van der Waals surface area contributed by atoms with Crippen molar-refractivity contribution >= 4 is 11.9 Å². The SMILES string of the molecule is CC1(CCN2CCCCC2)NC(=O)NC1=O. The van der Waals surface area contributed by atoms with Gasteiger partial charge in [0.1, 0.15) is 5.54 Å². The summed E-state index contributed by atoms with van der Waals surface area (Å²) in [6, 6.07) is -0.369. The molecular weight excluding hydrogens is 206 g/mol. The van der Waals surface area contributed by atoms with Crippen LogP contribution in [-0.4, -0.2) is 42.0 Å². The van der Waals surface area contributed by atoms with E-state index >= 15 is 0 Å². The molecule has 0 aliphatic carbocycles. The highest BCUT2D eigenvalue weighted by Crippen LogP contribution is 2.17. The van der Waals surface area contributed by atoms with Crippen molar-refractivity contribution in [1.82, 2.24) is 15.5 Å². The van der Waals surface area contributed by atoms with Crippen LogP contribution in [0, 0.1) is 0 Å². The molecule has 2 aliphatic heterocycles. The topological polar surface area (TPSA) is 61.4 Å². The average Bonchev–Trinajstić information content (AvgIpc) is 2.52. The third kappa shape index (κ3) is 2.35. The molecule has 90 valence electrons. The van der Waals surface area contributed by atoms with Gasteiger partial charge >= 0.3 is 6.03 Å². The van der Waals surface area contributed by atoms with E-state index in [1.807, 2.05) is 0 Å². The zero-order valence-electron chi connectivity index (χ0n) is 9.71. The second-order valence-corrected chi connectivity index (χ2v) is 4.89. The lowest BCUT2D eigenvalue weighted by Gasteiger charge is -2.29. The summed E-state index contributed by atoms with van der Waals surface area (Å²) in [6.07, 6.45) is 4.49. The number of rotatable bonds is 3. The van der Waals surface area contributed by atoms with Crippen molar-refractivity contribution in [2.45, 2.75) is 38.1 Å². The lowest BCUT2D eigenvalue weighted by Crippen LogP contribution is -2.46. The molecule has 2 rings (SSSR count). The number of likely N-dealkylation sites (tertiary alicyclic amines) is 1. The molecule has 1 unspecified atom stereocenters.